The number of fused-ring (bicyclic) bond motifs is 1. The highest BCUT2D eigenvalue weighted by Crippen LogP contribution is 2.20. The number of hydrogen-bond donors (Lipinski definition) is 1. The molecule has 156 valence electrons. The third-order valence-corrected chi connectivity index (χ3v) is 4.81. The number of para-hydroxylation sites is 1. The van der Waals surface area contributed by atoms with Crippen LogP contribution in [0.25, 0.3) is 10.9 Å². The van der Waals surface area contributed by atoms with Gasteiger partial charge >= 0.3 is 0 Å². The average Bonchev–Trinajstić information content (AvgIpc) is 2.73. The molecule has 0 fully saturated rings. The number of carbonyl (C=O) groups is 1. The summed E-state index contributed by atoms with van der Waals surface area (Å²) in [6.07, 6.45) is 0. The molecule has 9 heteroatoms. The van der Waals surface area contributed by atoms with Crippen molar-refractivity contribution in [1.82, 2.24) is 14.9 Å². The molecule has 0 aliphatic heterocycles. The van der Waals surface area contributed by atoms with E-state index in [-0.39, 0.29) is 23.4 Å². The van der Waals surface area contributed by atoms with Crippen molar-refractivity contribution >= 4 is 22.5 Å². The van der Waals surface area contributed by atoms with Crippen molar-refractivity contribution in [1.29, 1.82) is 0 Å². The highest BCUT2D eigenvalue weighted by molar-refractivity contribution is 5.95. The first kappa shape index (κ1) is 21.1. The van der Waals surface area contributed by atoms with E-state index in [1.165, 1.54) is 29.9 Å². The minimum Gasteiger partial charge on any atom is -0.383 e. The number of nitrogens with one attached hydrogen (secondary N) is 1. The first-order chi connectivity index (χ1) is 14.3. The second kappa shape index (κ2) is 8.83. The van der Waals surface area contributed by atoms with Crippen LogP contribution in [0.3, 0.4) is 0 Å². The zero-order chi connectivity index (χ0) is 21.8. The second-order valence-electron chi connectivity index (χ2n) is 6.89. The molecule has 0 aliphatic rings. The summed E-state index contributed by atoms with van der Waals surface area (Å²) in [5.41, 5.74) is 0.800. The lowest BCUT2D eigenvalue weighted by Gasteiger charge is -2.19. The number of rotatable bonds is 7. The lowest BCUT2D eigenvalue weighted by molar-refractivity contribution is -0.385. The van der Waals surface area contributed by atoms with Crippen LogP contribution >= 0.6 is 0 Å². The summed E-state index contributed by atoms with van der Waals surface area (Å²) in [6, 6.07) is 10.7. The fourth-order valence-corrected chi connectivity index (χ4v) is 3.21. The molecule has 1 aromatic heterocycles. The van der Waals surface area contributed by atoms with Crippen LogP contribution in [-0.4, -0.2) is 34.1 Å². The van der Waals surface area contributed by atoms with E-state index in [2.05, 4.69) is 10.3 Å². The van der Waals surface area contributed by atoms with Gasteiger partial charge < -0.3 is 10.1 Å². The van der Waals surface area contributed by atoms with E-state index in [0.717, 1.165) is 0 Å². The van der Waals surface area contributed by atoms with Gasteiger partial charge in [-0.2, -0.15) is 0 Å². The lowest BCUT2D eigenvalue weighted by Crippen LogP contribution is -2.34. The number of nitro benzene ring substituents is 1. The predicted octanol–water partition coefficient (Wildman–Crippen LogP) is 2.75. The molecular formula is C21H22N4O5. The van der Waals surface area contributed by atoms with Crippen molar-refractivity contribution in [3.63, 3.8) is 0 Å². The normalized spacial score (nSPS) is 12.0. The number of amides is 1. The Balaban J connectivity index is 1.97. The Morgan fingerprint density at radius 1 is 1.30 bits per heavy atom. The topological polar surface area (TPSA) is 116 Å². The van der Waals surface area contributed by atoms with Crippen LogP contribution in [0.15, 0.2) is 47.3 Å². The fourth-order valence-electron chi connectivity index (χ4n) is 3.21. The van der Waals surface area contributed by atoms with Crippen molar-refractivity contribution in [2.75, 3.05) is 13.7 Å². The van der Waals surface area contributed by atoms with Crippen LogP contribution in [0, 0.1) is 17.0 Å². The van der Waals surface area contributed by atoms with Crippen LogP contribution in [0.4, 0.5) is 5.69 Å². The van der Waals surface area contributed by atoms with E-state index in [1.807, 2.05) is 0 Å². The van der Waals surface area contributed by atoms with Crippen molar-refractivity contribution in [2.24, 2.45) is 0 Å². The molecule has 2 aromatic carbocycles. The summed E-state index contributed by atoms with van der Waals surface area (Å²) in [4.78, 5) is 40.9. The first-order valence-electron chi connectivity index (χ1n) is 9.37. The smallest absolute Gasteiger partial charge is 0.273 e. The zero-order valence-corrected chi connectivity index (χ0v) is 16.9. The number of ether oxygens (including phenoxy) is 1. The summed E-state index contributed by atoms with van der Waals surface area (Å²) >= 11 is 0. The molecule has 1 atom stereocenters. The third kappa shape index (κ3) is 4.20. The molecule has 0 aliphatic carbocycles. The van der Waals surface area contributed by atoms with E-state index < -0.39 is 16.9 Å². The number of carbonyl (C=O) groups excluding carboxylic acids is 1. The Bertz CT molecular complexity index is 1170. The first-order valence-corrected chi connectivity index (χ1v) is 9.37. The molecule has 3 rings (SSSR count). The number of nitro groups is 1. The Labute approximate surface area is 172 Å². The van der Waals surface area contributed by atoms with Crippen molar-refractivity contribution < 1.29 is 14.5 Å². The summed E-state index contributed by atoms with van der Waals surface area (Å²) < 4.78 is 6.59. The summed E-state index contributed by atoms with van der Waals surface area (Å²) in [5, 5.41) is 14.4. The molecule has 0 saturated heterocycles. The van der Waals surface area contributed by atoms with Crippen LogP contribution in [0.1, 0.15) is 34.7 Å². The molecule has 1 N–H and O–H groups in total. The van der Waals surface area contributed by atoms with E-state index in [1.54, 1.807) is 38.1 Å². The van der Waals surface area contributed by atoms with Crippen molar-refractivity contribution in [3.05, 3.63) is 79.9 Å². The largest absolute Gasteiger partial charge is 0.383 e. The molecule has 0 saturated carbocycles. The number of benzene rings is 2. The van der Waals surface area contributed by atoms with Crippen LogP contribution in [0.5, 0.6) is 0 Å². The number of hydrogen-bond acceptors (Lipinski definition) is 6. The van der Waals surface area contributed by atoms with E-state index in [9.17, 15) is 19.7 Å². The average molecular weight is 410 g/mol. The van der Waals surface area contributed by atoms with Crippen molar-refractivity contribution in [2.45, 2.75) is 26.4 Å². The van der Waals surface area contributed by atoms with Gasteiger partial charge in [0, 0.05) is 24.3 Å². The summed E-state index contributed by atoms with van der Waals surface area (Å²) in [6.45, 7) is 3.90. The maximum atomic E-state index is 13.0. The second-order valence-corrected chi connectivity index (χ2v) is 6.89. The van der Waals surface area contributed by atoms with E-state index in [0.29, 0.717) is 28.9 Å². The maximum Gasteiger partial charge on any atom is 0.273 e. The molecule has 3 aromatic rings. The molecular weight excluding hydrogens is 388 g/mol. The van der Waals surface area contributed by atoms with Gasteiger partial charge in [0.15, 0.2) is 0 Å². The Morgan fingerprint density at radius 3 is 2.73 bits per heavy atom. The lowest BCUT2D eigenvalue weighted by atomic mass is 10.1. The summed E-state index contributed by atoms with van der Waals surface area (Å²) in [5.74, 6) is -0.114. The molecule has 0 bridgehead atoms. The highest BCUT2D eigenvalue weighted by atomic mass is 16.6. The molecule has 1 amide bonds. The Morgan fingerprint density at radius 2 is 2.03 bits per heavy atom. The monoisotopic (exact) mass is 410 g/mol. The third-order valence-electron chi connectivity index (χ3n) is 4.81. The Hall–Kier alpha value is -3.59. The van der Waals surface area contributed by atoms with Gasteiger partial charge in [-0.15, -0.1) is 0 Å². The van der Waals surface area contributed by atoms with Gasteiger partial charge in [-0.1, -0.05) is 18.2 Å². The van der Waals surface area contributed by atoms with E-state index in [4.69, 9.17) is 4.74 Å². The molecule has 9 nitrogen and oxygen atoms in total. The van der Waals surface area contributed by atoms with Crippen LogP contribution in [-0.2, 0) is 11.3 Å². The SMILES string of the molecule is COCCn1c(C(C)NC(=O)c2ccc(C)c([N+](=O)[O-])c2)nc2ccccc2c1=O. The fraction of sp³-hybridized carbons (Fsp3) is 0.286. The van der Waals surface area contributed by atoms with E-state index >= 15 is 0 Å². The standard InChI is InChI=1S/C21H22N4O5/c1-13-8-9-15(12-18(13)25(28)29)20(26)22-14(2)19-23-17-7-5-4-6-16(17)21(27)24(19)10-11-30-3/h4-9,12,14H,10-11H2,1-3H3,(H,22,26). The van der Waals surface area contributed by atoms with Gasteiger partial charge in [0.05, 0.1) is 35.0 Å². The summed E-state index contributed by atoms with van der Waals surface area (Å²) in [7, 11) is 1.54. The van der Waals surface area contributed by atoms with Gasteiger partial charge in [0.2, 0.25) is 0 Å². The highest BCUT2D eigenvalue weighted by Gasteiger charge is 2.21. The minimum absolute atomic E-state index is 0.129. The number of methoxy groups -OCH3 is 1. The number of nitrogens with zero attached hydrogens (tertiary/aromatic N) is 3. The van der Waals surface area contributed by atoms with Gasteiger partial charge in [-0.3, -0.25) is 24.3 Å². The molecule has 1 unspecified atom stereocenters. The molecule has 0 spiro atoms. The molecule has 1 heterocycles. The van der Waals surface area contributed by atoms with Crippen molar-refractivity contribution in [3.8, 4) is 0 Å². The van der Waals surface area contributed by atoms with Crippen LogP contribution in [0.2, 0.25) is 0 Å². The minimum atomic E-state index is -0.618. The van der Waals surface area contributed by atoms with Crippen LogP contribution < -0.4 is 10.9 Å². The van der Waals surface area contributed by atoms with Gasteiger partial charge in [-0.05, 0) is 32.0 Å². The molecule has 0 radical (unpaired) electrons. The predicted molar refractivity (Wildman–Crippen MR) is 112 cm³/mol. The molecule has 30 heavy (non-hydrogen) atoms. The quantitative estimate of drug-likeness (QED) is 0.473. The zero-order valence-electron chi connectivity index (χ0n) is 16.9. The number of aryl methyl sites for hydroxylation is 1. The Kier molecular flexibility index (Phi) is 6.22. The number of aromatic nitrogens is 2. The van der Waals surface area contributed by atoms with Gasteiger partial charge in [-0.25, -0.2) is 4.98 Å². The maximum absolute atomic E-state index is 13.0. The van der Waals surface area contributed by atoms with Gasteiger partial charge in [0.1, 0.15) is 5.82 Å². The van der Waals surface area contributed by atoms with Gasteiger partial charge in [0.25, 0.3) is 17.2 Å².